The first-order chi connectivity index (χ1) is 8.40. The van der Waals surface area contributed by atoms with Crippen molar-refractivity contribution < 1.29 is 14.7 Å². The summed E-state index contributed by atoms with van der Waals surface area (Å²) in [6.45, 7) is 0.320. The summed E-state index contributed by atoms with van der Waals surface area (Å²) >= 11 is 12.5. The average Bonchev–Trinajstić information content (AvgIpc) is 2.56. The molecule has 1 fully saturated rings. The summed E-state index contributed by atoms with van der Waals surface area (Å²) in [5.41, 5.74) is 0.425. The average molecular weight is 397 g/mol. The third-order valence-corrected chi connectivity index (χ3v) is 3.96. The number of amides is 1. The first-order valence-corrected chi connectivity index (χ1v) is 7.09. The zero-order valence-electron chi connectivity index (χ0n) is 8.99. The molecule has 0 saturated carbocycles. The van der Waals surface area contributed by atoms with Gasteiger partial charge in [-0.2, -0.15) is 0 Å². The Balaban J connectivity index is 2.56. The predicted octanol–water partition coefficient (Wildman–Crippen LogP) is 3.25. The lowest BCUT2D eigenvalue weighted by Crippen LogP contribution is -2.27. The van der Waals surface area contributed by atoms with Gasteiger partial charge < -0.3 is 10.0 Å². The van der Waals surface area contributed by atoms with Crippen LogP contribution < -0.4 is 4.90 Å². The second kappa shape index (κ2) is 5.19. The molecule has 18 heavy (non-hydrogen) atoms. The molecule has 0 aliphatic carbocycles. The van der Waals surface area contributed by atoms with E-state index >= 15 is 0 Å². The summed E-state index contributed by atoms with van der Waals surface area (Å²) in [6.07, 6.45) is 0.225. The number of carbonyl (C=O) groups excluding carboxylic acids is 1. The molecule has 1 N–H and O–H groups in total. The zero-order chi connectivity index (χ0) is 13.4. The Morgan fingerprint density at radius 1 is 1.44 bits per heavy atom. The molecular formula is C11H8Br2ClNO3. The Bertz CT molecular complexity index is 535. The lowest BCUT2D eigenvalue weighted by atomic mass is 10.1. The van der Waals surface area contributed by atoms with Gasteiger partial charge in [0.15, 0.2) is 0 Å². The van der Waals surface area contributed by atoms with Crippen molar-refractivity contribution in [1.29, 1.82) is 0 Å². The Morgan fingerprint density at radius 3 is 2.61 bits per heavy atom. The summed E-state index contributed by atoms with van der Waals surface area (Å²) in [5, 5.41) is 8.93. The highest BCUT2D eigenvalue weighted by Gasteiger charge is 2.33. The van der Waals surface area contributed by atoms with Gasteiger partial charge in [-0.15, -0.1) is 11.6 Å². The van der Waals surface area contributed by atoms with Gasteiger partial charge in [-0.05, 0) is 28.1 Å². The van der Waals surface area contributed by atoms with Crippen LogP contribution in [-0.2, 0) is 4.79 Å². The third kappa shape index (κ3) is 2.55. The van der Waals surface area contributed by atoms with Crippen molar-refractivity contribution in [3.63, 3.8) is 0 Å². The lowest BCUT2D eigenvalue weighted by Gasteiger charge is -2.20. The highest BCUT2D eigenvalue weighted by Crippen LogP contribution is 2.36. The second-order valence-electron chi connectivity index (χ2n) is 3.89. The van der Waals surface area contributed by atoms with Gasteiger partial charge in [0.05, 0.1) is 16.6 Å². The number of carboxylic acids is 1. The smallest absolute Gasteiger partial charge is 0.337 e. The van der Waals surface area contributed by atoms with Gasteiger partial charge in [0, 0.05) is 21.9 Å². The Hall–Kier alpha value is -0.590. The molecule has 1 heterocycles. The molecule has 1 saturated heterocycles. The molecule has 1 aliphatic rings. The number of carbonyl (C=O) groups is 2. The van der Waals surface area contributed by atoms with Crippen LogP contribution in [0.1, 0.15) is 16.8 Å². The van der Waals surface area contributed by atoms with Crippen molar-refractivity contribution >= 4 is 61.0 Å². The van der Waals surface area contributed by atoms with E-state index in [0.717, 1.165) is 0 Å². The van der Waals surface area contributed by atoms with E-state index < -0.39 is 5.97 Å². The van der Waals surface area contributed by atoms with E-state index in [4.69, 9.17) is 11.6 Å². The number of carboxylic acid groups (broad SMARTS) is 1. The molecule has 4 nitrogen and oxygen atoms in total. The fourth-order valence-corrected chi connectivity index (χ4v) is 3.59. The molecule has 1 amide bonds. The van der Waals surface area contributed by atoms with Gasteiger partial charge in [-0.3, -0.25) is 4.79 Å². The van der Waals surface area contributed by atoms with Crippen molar-refractivity contribution in [3.8, 4) is 0 Å². The lowest BCUT2D eigenvalue weighted by molar-refractivity contribution is -0.117. The Morgan fingerprint density at radius 2 is 2.11 bits per heavy atom. The topological polar surface area (TPSA) is 57.6 Å². The fraction of sp³-hybridized carbons (Fsp3) is 0.273. The van der Waals surface area contributed by atoms with Crippen LogP contribution in [0.3, 0.4) is 0 Å². The first kappa shape index (κ1) is 13.8. The van der Waals surface area contributed by atoms with Crippen LogP contribution in [0.2, 0.25) is 0 Å². The Kier molecular flexibility index (Phi) is 3.99. The summed E-state index contributed by atoms with van der Waals surface area (Å²) in [5.74, 6) is -1.25. The predicted molar refractivity (Wildman–Crippen MR) is 75.4 cm³/mol. The van der Waals surface area contributed by atoms with E-state index in [0.29, 0.717) is 21.2 Å². The summed E-state index contributed by atoms with van der Waals surface area (Å²) in [6, 6.07) is 3.17. The van der Waals surface area contributed by atoms with Crippen LogP contribution in [0, 0.1) is 0 Å². The number of halogens is 3. The molecule has 1 aliphatic heterocycles. The molecule has 1 atom stereocenters. The highest BCUT2D eigenvalue weighted by atomic mass is 79.9. The van der Waals surface area contributed by atoms with Gasteiger partial charge in [0.1, 0.15) is 0 Å². The van der Waals surface area contributed by atoms with Crippen molar-refractivity contribution in [2.75, 3.05) is 11.4 Å². The molecule has 1 aromatic carbocycles. The van der Waals surface area contributed by atoms with E-state index in [2.05, 4.69) is 31.9 Å². The molecule has 1 aromatic rings. The zero-order valence-corrected chi connectivity index (χ0v) is 12.9. The minimum atomic E-state index is -1.09. The van der Waals surface area contributed by atoms with Crippen molar-refractivity contribution in [1.82, 2.24) is 0 Å². The number of alkyl halides is 1. The second-order valence-corrected chi connectivity index (χ2v) is 6.28. The van der Waals surface area contributed by atoms with Gasteiger partial charge in [0.25, 0.3) is 0 Å². The minimum absolute atomic E-state index is 0.0652. The van der Waals surface area contributed by atoms with E-state index in [9.17, 15) is 14.7 Å². The summed E-state index contributed by atoms with van der Waals surface area (Å²) < 4.78 is 1.18. The van der Waals surface area contributed by atoms with E-state index in [1.54, 1.807) is 6.07 Å². The molecule has 0 aromatic heterocycles. The van der Waals surface area contributed by atoms with Gasteiger partial charge in [-0.1, -0.05) is 15.9 Å². The van der Waals surface area contributed by atoms with E-state index in [-0.39, 0.29) is 23.3 Å². The number of anilines is 1. The van der Waals surface area contributed by atoms with Crippen molar-refractivity contribution in [3.05, 3.63) is 26.6 Å². The largest absolute Gasteiger partial charge is 0.478 e. The normalized spacial score (nSPS) is 19.4. The number of hydrogen-bond donors (Lipinski definition) is 1. The van der Waals surface area contributed by atoms with Crippen LogP contribution >= 0.6 is 43.5 Å². The van der Waals surface area contributed by atoms with E-state index in [1.807, 2.05) is 0 Å². The third-order valence-electron chi connectivity index (χ3n) is 2.61. The standard InChI is InChI=1S/C11H8Br2ClNO3/c12-5-1-7(11(17)18)10(8(13)2-5)15-4-6(14)3-9(15)16/h1-2,6H,3-4H2,(H,17,18). The quantitative estimate of drug-likeness (QED) is 0.780. The molecule has 0 spiro atoms. The van der Waals surface area contributed by atoms with Gasteiger partial charge in [-0.25, -0.2) is 4.79 Å². The maximum absolute atomic E-state index is 11.8. The molecule has 96 valence electrons. The molecule has 0 radical (unpaired) electrons. The Labute approximate surface area is 125 Å². The molecule has 7 heteroatoms. The maximum atomic E-state index is 11.8. The van der Waals surface area contributed by atoms with Gasteiger partial charge >= 0.3 is 5.97 Å². The number of benzene rings is 1. The van der Waals surface area contributed by atoms with Crippen LogP contribution in [0.25, 0.3) is 0 Å². The van der Waals surface area contributed by atoms with Crippen LogP contribution in [0.5, 0.6) is 0 Å². The monoisotopic (exact) mass is 395 g/mol. The highest BCUT2D eigenvalue weighted by molar-refractivity contribution is 9.11. The number of rotatable bonds is 2. The van der Waals surface area contributed by atoms with Crippen LogP contribution in [0.4, 0.5) is 5.69 Å². The SMILES string of the molecule is O=C(O)c1cc(Br)cc(Br)c1N1CC(Cl)CC1=O. The van der Waals surface area contributed by atoms with Crippen LogP contribution in [-0.4, -0.2) is 28.9 Å². The molecular weight excluding hydrogens is 389 g/mol. The van der Waals surface area contributed by atoms with Crippen molar-refractivity contribution in [2.45, 2.75) is 11.8 Å². The van der Waals surface area contributed by atoms with E-state index in [1.165, 1.54) is 11.0 Å². The summed E-state index contributed by atoms with van der Waals surface area (Å²) in [7, 11) is 0. The maximum Gasteiger partial charge on any atom is 0.337 e. The number of nitrogens with zero attached hydrogens (tertiary/aromatic N) is 1. The van der Waals surface area contributed by atoms with Gasteiger partial charge in [0.2, 0.25) is 5.91 Å². The minimum Gasteiger partial charge on any atom is -0.478 e. The number of hydrogen-bond acceptors (Lipinski definition) is 2. The fourth-order valence-electron chi connectivity index (χ4n) is 1.88. The molecule has 2 rings (SSSR count). The number of aromatic carboxylic acids is 1. The first-order valence-electron chi connectivity index (χ1n) is 5.07. The van der Waals surface area contributed by atoms with Crippen molar-refractivity contribution in [2.24, 2.45) is 0 Å². The molecule has 0 bridgehead atoms. The van der Waals surface area contributed by atoms with Crippen LogP contribution in [0.15, 0.2) is 21.1 Å². The molecule has 1 unspecified atom stereocenters. The summed E-state index contributed by atoms with van der Waals surface area (Å²) in [4.78, 5) is 24.5.